The van der Waals surface area contributed by atoms with E-state index in [2.05, 4.69) is 40.7 Å². The van der Waals surface area contributed by atoms with Crippen LogP contribution in [0, 0.1) is 0 Å². The standard InChI is InChI=1S/C13H20BrNOS/c1-3-15(4-2)7-8-17-13-6-5-11(10-16)9-12(13)14/h5-6,9,16H,3-4,7-8,10H2,1-2H3. The molecule has 0 atom stereocenters. The van der Waals surface area contributed by atoms with E-state index in [1.54, 1.807) is 0 Å². The smallest absolute Gasteiger partial charge is 0.0682 e. The van der Waals surface area contributed by atoms with Crippen LogP contribution in [-0.4, -0.2) is 35.4 Å². The molecule has 0 unspecified atom stereocenters. The zero-order valence-corrected chi connectivity index (χ0v) is 12.9. The summed E-state index contributed by atoms with van der Waals surface area (Å²) in [4.78, 5) is 3.66. The topological polar surface area (TPSA) is 23.5 Å². The first-order chi connectivity index (χ1) is 8.21. The lowest BCUT2D eigenvalue weighted by atomic mass is 10.2. The molecule has 1 aromatic rings. The molecule has 0 bridgehead atoms. The van der Waals surface area contributed by atoms with E-state index in [-0.39, 0.29) is 6.61 Å². The lowest BCUT2D eigenvalue weighted by Crippen LogP contribution is -2.25. The molecule has 0 radical (unpaired) electrons. The molecule has 0 aliphatic carbocycles. The SMILES string of the molecule is CCN(CC)CCSc1ccc(CO)cc1Br. The van der Waals surface area contributed by atoms with Gasteiger partial charge in [0.25, 0.3) is 0 Å². The Labute approximate surface area is 117 Å². The highest BCUT2D eigenvalue weighted by Gasteiger charge is 2.03. The van der Waals surface area contributed by atoms with Crippen LogP contribution >= 0.6 is 27.7 Å². The Morgan fingerprint density at radius 1 is 1.29 bits per heavy atom. The second-order valence-electron chi connectivity index (χ2n) is 3.80. The number of aliphatic hydroxyl groups is 1. The molecule has 0 aromatic heterocycles. The van der Waals surface area contributed by atoms with Crippen LogP contribution < -0.4 is 0 Å². The van der Waals surface area contributed by atoms with Gasteiger partial charge in [-0.3, -0.25) is 0 Å². The molecule has 96 valence electrons. The van der Waals surface area contributed by atoms with Gasteiger partial charge in [-0.05, 0) is 46.7 Å². The normalized spacial score (nSPS) is 11.1. The molecule has 0 aliphatic rings. The van der Waals surface area contributed by atoms with Crippen molar-refractivity contribution in [2.24, 2.45) is 0 Å². The molecule has 0 saturated heterocycles. The highest BCUT2D eigenvalue weighted by atomic mass is 79.9. The van der Waals surface area contributed by atoms with Gasteiger partial charge >= 0.3 is 0 Å². The predicted molar refractivity (Wildman–Crippen MR) is 78.6 cm³/mol. The maximum absolute atomic E-state index is 9.03. The minimum absolute atomic E-state index is 0.100. The number of halogens is 1. The van der Waals surface area contributed by atoms with Crippen molar-refractivity contribution in [1.82, 2.24) is 4.90 Å². The van der Waals surface area contributed by atoms with Crippen LogP contribution in [-0.2, 0) is 6.61 Å². The third-order valence-electron chi connectivity index (χ3n) is 2.74. The molecule has 1 rings (SSSR count). The zero-order chi connectivity index (χ0) is 12.7. The van der Waals surface area contributed by atoms with Gasteiger partial charge < -0.3 is 10.0 Å². The van der Waals surface area contributed by atoms with Crippen molar-refractivity contribution < 1.29 is 5.11 Å². The third kappa shape index (κ3) is 5.00. The monoisotopic (exact) mass is 317 g/mol. The summed E-state index contributed by atoms with van der Waals surface area (Å²) in [6, 6.07) is 6.03. The highest BCUT2D eigenvalue weighted by Crippen LogP contribution is 2.28. The predicted octanol–water partition coefficient (Wildman–Crippen LogP) is 3.38. The molecular formula is C13H20BrNOS. The van der Waals surface area contributed by atoms with Crippen molar-refractivity contribution in [2.75, 3.05) is 25.4 Å². The Bertz CT molecular complexity index is 342. The minimum Gasteiger partial charge on any atom is -0.392 e. The van der Waals surface area contributed by atoms with Crippen molar-refractivity contribution >= 4 is 27.7 Å². The Kier molecular flexibility index (Phi) is 7.19. The molecule has 0 fully saturated rings. The van der Waals surface area contributed by atoms with Gasteiger partial charge in [0.1, 0.15) is 0 Å². The molecule has 1 N–H and O–H groups in total. The number of thioether (sulfide) groups is 1. The summed E-state index contributed by atoms with van der Waals surface area (Å²) in [5, 5.41) is 9.03. The summed E-state index contributed by atoms with van der Waals surface area (Å²) in [5.41, 5.74) is 0.949. The van der Waals surface area contributed by atoms with Crippen LogP contribution in [0.2, 0.25) is 0 Å². The van der Waals surface area contributed by atoms with Crippen molar-refractivity contribution in [3.8, 4) is 0 Å². The second kappa shape index (κ2) is 8.14. The van der Waals surface area contributed by atoms with Crippen molar-refractivity contribution in [2.45, 2.75) is 25.3 Å². The lowest BCUT2D eigenvalue weighted by Gasteiger charge is -2.17. The fraction of sp³-hybridized carbons (Fsp3) is 0.538. The van der Waals surface area contributed by atoms with E-state index >= 15 is 0 Å². The molecule has 17 heavy (non-hydrogen) atoms. The molecule has 0 saturated carbocycles. The molecule has 0 amide bonds. The van der Waals surface area contributed by atoms with Crippen molar-refractivity contribution in [1.29, 1.82) is 0 Å². The van der Waals surface area contributed by atoms with Gasteiger partial charge in [-0.1, -0.05) is 19.9 Å². The fourth-order valence-corrected chi connectivity index (χ4v) is 3.28. The average Bonchev–Trinajstić information content (AvgIpc) is 2.36. The van der Waals surface area contributed by atoms with Gasteiger partial charge in [0.05, 0.1) is 6.61 Å². The van der Waals surface area contributed by atoms with Gasteiger partial charge in [0.2, 0.25) is 0 Å². The second-order valence-corrected chi connectivity index (χ2v) is 5.79. The Balaban J connectivity index is 2.46. The maximum atomic E-state index is 9.03. The quantitative estimate of drug-likeness (QED) is 0.780. The number of hydrogen-bond donors (Lipinski definition) is 1. The molecular weight excluding hydrogens is 298 g/mol. The van der Waals surface area contributed by atoms with Gasteiger partial charge in [-0.25, -0.2) is 0 Å². The number of aliphatic hydroxyl groups excluding tert-OH is 1. The first kappa shape index (κ1) is 15.0. The van der Waals surface area contributed by atoms with Crippen LogP contribution in [0.3, 0.4) is 0 Å². The van der Waals surface area contributed by atoms with E-state index in [4.69, 9.17) is 5.11 Å². The van der Waals surface area contributed by atoms with Crippen LogP contribution in [0.15, 0.2) is 27.6 Å². The number of hydrogen-bond acceptors (Lipinski definition) is 3. The van der Waals surface area contributed by atoms with Gasteiger partial charge in [0.15, 0.2) is 0 Å². The van der Waals surface area contributed by atoms with E-state index in [0.29, 0.717) is 0 Å². The lowest BCUT2D eigenvalue weighted by molar-refractivity contribution is 0.281. The van der Waals surface area contributed by atoms with Crippen molar-refractivity contribution in [3.63, 3.8) is 0 Å². The van der Waals surface area contributed by atoms with Gasteiger partial charge in [-0.15, -0.1) is 11.8 Å². The molecule has 0 heterocycles. The summed E-state index contributed by atoms with van der Waals surface area (Å²) in [6.07, 6.45) is 0. The van der Waals surface area contributed by atoms with Crippen molar-refractivity contribution in [3.05, 3.63) is 28.2 Å². The Hall–Kier alpha value is -0.0300. The maximum Gasteiger partial charge on any atom is 0.0682 e. The largest absolute Gasteiger partial charge is 0.392 e. The number of nitrogens with zero attached hydrogens (tertiary/aromatic N) is 1. The molecule has 0 spiro atoms. The average molecular weight is 318 g/mol. The first-order valence-corrected chi connectivity index (χ1v) is 7.73. The summed E-state index contributed by atoms with van der Waals surface area (Å²) in [7, 11) is 0. The van der Waals surface area contributed by atoms with Crippen LogP contribution in [0.5, 0.6) is 0 Å². The van der Waals surface area contributed by atoms with E-state index in [1.165, 1.54) is 4.90 Å². The van der Waals surface area contributed by atoms with Crippen LogP contribution in [0.4, 0.5) is 0 Å². The Morgan fingerprint density at radius 3 is 2.53 bits per heavy atom. The third-order valence-corrected chi connectivity index (χ3v) is 4.71. The summed E-state index contributed by atoms with van der Waals surface area (Å²) in [5.74, 6) is 1.10. The molecule has 0 aliphatic heterocycles. The highest BCUT2D eigenvalue weighted by molar-refractivity contribution is 9.10. The molecule has 1 aromatic carbocycles. The fourth-order valence-electron chi connectivity index (χ4n) is 1.58. The van der Waals surface area contributed by atoms with E-state index in [1.807, 2.05) is 23.9 Å². The van der Waals surface area contributed by atoms with Crippen LogP contribution in [0.25, 0.3) is 0 Å². The number of benzene rings is 1. The summed E-state index contributed by atoms with van der Waals surface area (Å²) in [6.45, 7) is 7.83. The number of rotatable bonds is 7. The Morgan fingerprint density at radius 2 is 2.00 bits per heavy atom. The van der Waals surface area contributed by atoms with Crippen LogP contribution in [0.1, 0.15) is 19.4 Å². The summed E-state index contributed by atoms with van der Waals surface area (Å²) < 4.78 is 1.08. The van der Waals surface area contributed by atoms with E-state index in [9.17, 15) is 0 Å². The first-order valence-electron chi connectivity index (χ1n) is 5.95. The van der Waals surface area contributed by atoms with E-state index < -0.39 is 0 Å². The summed E-state index contributed by atoms with van der Waals surface area (Å²) >= 11 is 5.40. The van der Waals surface area contributed by atoms with Gasteiger partial charge in [0, 0.05) is 21.7 Å². The van der Waals surface area contributed by atoms with E-state index in [0.717, 1.165) is 35.4 Å². The minimum atomic E-state index is 0.100. The van der Waals surface area contributed by atoms with Gasteiger partial charge in [-0.2, -0.15) is 0 Å². The zero-order valence-electron chi connectivity index (χ0n) is 10.4. The molecule has 2 nitrogen and oxygen atoms in total. The molecule has 4 heteroatoms.